The van der Waals surface area contributed by atoms with E-state index in [1.807, 2.05) is 44.2 Å². The first kappa shape index (κ1) is 14.9. The highest BCUT2D eigenvalue weighted by Crippen LogP contribution is 2.27. The Morgan fingerprint density at radius 3 is 2.48 bits per heavy atom. The van der Waals surface area contributed by atoms with E-state index in [0.717, 1.165) is 16.5 Å². The molecule has 0 saturated heterocycles. The summed E-state index contributed by atoms with van der Waals surface area (Å²) in [6, 6.07) is 13.4. The molecule has 4 heteroatoms. The summed E-state index contributed by atoms with van der Waals surface area (Å²) in [7, 11) is 0. The van der Waals surface area contributed by atoms with Gasteiger partial charge in [0.25, 0.3) is 0 Å². The van der Waals surface area contributed by atoms with Gasteiger partial charge in [0.05, 0.1) is 17.6 Å². The van der Waals surface area contributed by atoms with Crippen LogP contribution in [-0.4, -0.2) is 17.6 Å². The minimum Gasteiger partial charge on any atom is -0.481 e. The highest BCUT2D eigenvalue weighted by molar-refractivity contribution is 5.97. The molecule has 0 aliphatic heterocycles. The topological polar surface area (TPSA) is 73.1 Å². The number of hydrogen-bond donors (Lipinski definition) is 2. The lowest BCUT2D eigenvalue weighted by Gasteiger charge is -2.18. The third-order valence-electron chi connectivity index (χ3n) is 3.68. The Balaban J connectivity index is 2.32. The molecular formula is C17H18N2O2. The zero-order chi connectivity index (χ0) is 15.4. The first-order valence-corrected chi connectivity index (χ1v) is 6.93. The number of carbonyl (C=O) groups is 1. The molecule has 0 aliphatic rings. The summed E-state index contributed by atoms with van der Waals surface area (Å²) < 4.78 is 0. The molecule has 2 rings (SSSR count). The molecule has 2 aromatic carbocycles. The van der Waals surface area contributed by atoms with Gasteiger partial charge >= 0.3 is 5.97 Å². The van der Waals surface area contributed by atoms with Crippen molar-refractivity contribution in [2.45, 2.75) is 13.8 Å². The van der Waals surface area contributed by atoms with Gasteiger partial charge in [-0.2, -0.15) is 5.26 Å². The van der Waals surface area contributed by atoms with Crippen LogP contribution in [-0.2, 0) is 4.79 Å². The molecule has 0 heterocycles. The number of benzene rings is 2. The van der Waals surface area contributed by atoms with Crippen LogP contribution in [0.3, 0.4) is 0 Å². The molecular weight excluding hydrogens is 264 g/mol. The minimum absolute atomic E-state index is 0.0552. The quantitative estimate of drug-likeness (QED) is 0.880. The molecule has 1 unspecified atom stereocenters. The van der Waals surface area contributed by atoms with Crippen LogP contribution >= 0.6 is 0 Å². The highest BCUT2D eigenvalue weighted by atomic mass is 16.4. The Kier molecular flexibility index (Phi) is 4.44. The molecule has 2 aromatic rings. The Hall–Kier alpha value is -2.54. The van der Waals surface area contributed by atoms with Crippen molar-refractivity contribution in [3.8, 4) is 6.07 Å². The van der Waals surface area contributed by atoms with Gasteiger partial charge in [-0.15, -0.1) is 0 Å². The first-order chi connectivity index (χ1) is 10.0. The van der Waals surface area contributed by atoms with E-state index in [1.165, 1.54) is 0 Å². The molecule has 1 atom stereocenters. The van der Waals surface area contributed by atoms with E-state index in [2.05, 4.69) is 11.4 Å². The Morgan fingerprint density at radius 2 is 1.90 bits per heavy atom. The Labute approximate surface area is 124 Å². The molecule has 2 N–H and O–H groups in total. The van der Waals surface area contributed by atoms with Gasteiger partial charge < -0.3 is 10.4 Å². The number of nitriles is 1. The zero-order valence-corrected chi connectivity index (χ0v) is 12.1. The summed E-state index contributed by atoms with van der Waals surface area (Å²) in [6.45, 7) is 4.16. The van der Waals surface area contributed by atoms with Crippen LogP contribution in [0.1, 0.15) is 19.4 Å². The molecule has 0 aromatic heterocycles. The van der Waals surface area contributed by atoms with Gasteiger partial charge in [-0.1, -0.05) is 38.1 Å². The van der Waals surface area contributed by atoms with Crippen molar-refractivity contribution in [2.75, 3.05) is 11.9 Å². The average molecular weight is 282 g/mol. The number of carboxylic acid groups (broad SMARTS) is 1. The second-order valence-electron chi connectivity index (χ2n) is 5.39. The number of aliphatic carboxylic acids is 1. The SMILES string of the molecule is CC(C)C(CNc1ccc(C#N)c2ccccc12)C(=O)O. The van der Waals surface area contributed by atoms with E-state index in [9.17, 15) is 9.90 Å². The van der Waals surface area contributed by atoms with Crippen LogP contribution in [0.4, 0.5) is 5.69 Å². The smallest absolute Gasteiger partial charge is 0.308 e. The van der Waals surface area contributed by atoms with Gasteiger partial charge in [0, 0.05) is 23.0 Å². The standard InChI is InChI=1S/C17H18N2O2/c1-11(2)15(17(20)21)10-19-16-8-7-12(9-18)13-5-3-4-6-14(13)16/h3-8,11,15,19H,10H2,1-2H3,(H,20,21). The Morgan fingerprint density at radius 1 is 1.24 bits per heavy atom. The van der Waals surface area contributed by atoms with Gasteiger partial charge in [0.15, 0.2) is 0 Å². The van der Waals surface area contributed by atoms with E-state index in [0.29, 0.717) is 12.1 Å². The van der Waals surface area contributed by atoms with E-state index in [1.54, 1.807) is 6.07 Å². The summed E-state index contributed by atoms with van der Waals surface area (Å²) in [4.78, 5) is 11.2. The first-order valence-electron chi connectivity index (χ1n) is 6.93. The third-order valence-corrected chi connectivity index (χ3v) is 3.68. The number of nitrogens with one attached hydrogen (secondary N) is 1. The zero-order valence-electron chi connectivity index (χ0n) is 12.1. The fraction of sp³-hybridized carbons (Fsp3) is 0.294. The van der Waals surface area contributed by atoms with Crippen molar-refractivity contribution in [1.29, 1.82) is 5.26 Å². The van der Waals surface area contributed by atoms with Crippen molar-refractivity contribution < 1.29 is 9.90 Å². The predicted molar refractivity (Wildman–Crippen MR) is 83.1 cm³/mol. The number of hydrogen-bond acceptors (Lipinski definition) is 3. The third kappa shape index (κ3) is 3.14. The molecule has 0 saturated carbocycles. The van der Waals surface area contributed by atoms with Crippen molar-refractivity contribution in [2.24, 2.45) is 11.8 Å². The van der Waals surface area contributed by atoms with Gasteiger partial charge in [0.1, 0.15) is 0 Å². The largest absolute Gasteiger partial charge is 0.481 e. The van der Waals surface area contributed by atoms with Crippen molar-refractivity contribution >= 4 is 22.4 Å². The molecule has 0 radical (unpaired) electrons. The van der Waals surface area contributed by atoms with Crippen LogP contribution in [0.15, 0.2) is 36.4 Å². The Bertz CT molecular complexity index is 701. The van der Waals surface area contributed by atoms with Crippen LogP contribution < -0.4 is 5.32 Å². The molecule has 21 heavy (non-hydrogen) atoms. The van der Waals surface area contributed by atoms with Crippen LogP contribution in [0.5, 0.6) is 0 Å². The normalized spacial score (nSPS) is 12.1. The van der Waals surface area contributed by atoms with Crippen LogP contribution in [0.2, 0.25) is 0 Å². The molecule has 0 aliphatic carbocycles. The maximum absolute atomic E-state index is 11.2. The summed E-state index contributed by atoms with van der Waals surface area (Å²) in [5, 5.41) is 23.4. The number of fused-ring (bicyclic) bond motifs is 1. The van der Waals surface area contributed by atoms with Crippen molar-refractivity contribution in [1.82, 2.24) is 0 Å². The number of nitrogens with zero attached hydrogens (tertiary/aromatic N) is 1. The monoisotopic (exact) mass is 282 g/mol. The van der Waals surface area contributed by atoms with Crippen LogP contribution in [0.25, 0.3) is 10.8 Å². The molecule has 108 valence electrons. The average Bonchev–Trinajstić information content (AvgIpc) is 2.46. The number of carboxylic acids is 1. The van der Waals surface area contributed by atoms with Gasteiger partial charge in [-0.05, 0) is 18.1 Å². The molecule has 0 fully saturated rings. The molecule has 0 bridgehead atoms. The van der Waals surface area contributed by atoms with Crippen LogP contribution in [0, 0.1) is 23.2 Å². The fourth-order valence-electron chi connectivity index (χ4n) is 2.38. The molecule has 4 nitrogen and oxygen atoms in total. The summed E-state index contributed by atoms with van der Waals surface area (Å²) in [5.41, 5.74) is 1.48. The summed E-state index contributed by atoms with van der Waals surface area (Å²) in [6.07, 6.45) is 0. The molecule has 0 amide bonds. The van der Waals surface area contributed by atoms with Gasteiger partial charge in [0.2, 0.25) is 0 Å². The maximum atomic E-state index is 11.2. The minimum atomic E-state index is -0.796. The van der Waals surface area contributed by atoms with Gasteiger partial charge in [-0.3, -0.25) is 4.79 Å². The lowest BCUT2D eigenvalue weighted by atomic mass is 9.95. The van der Waals surface area contributed by atoms with Crippen molar-refractivity contribution in [3.63, 3.8) is 0 Å². The van der Waals surface area contributed by atoms with E-state index < -0.39 is 11.9 Å². The van der Waals surface area contributed by atoms with Gasteiger partial charge in [-0.25, -0.2) is 0 Å². The maximum Gasteiger partial charge on any atom is 0.308 e. The van der Waals surface area contributed by atoms with E-state index in [4.69, 9.17) is 5.26 Å². The molecule has 0 spiro atoms. The number of rotatable bonds is 5. The van der Waals surface area contributed by atoms with E-state index in [-0.39, 0.29) is 5.92 Å². The van der Waals surface area contributed by atoms with Crippen molar-refractivity contribution in [3.05, 3.63) is 42.0 Å². The second-order valence-corrected chi connectivity index (χ2v) is 5.39. The predicted octanol–water partition coefficient (Wildman–Crippen LogP) is 3.48. The number of anilines is 1. The lowest BCUT2D eigenvalue weighted by molar-refractivity contribution is -0.142. The fourth-order valence-corrected chi connectivity index (χ4v) is 2.38. The highest BCUT2D eigenvalue weighted by Gasteiger charge is 2.21. The summed E-state index contributed by atoms with van der Waals surface area (Å²) >= 11 is 0. The van der Waals surface area contributed by atoms with E-state index >= 15 is 0 Å². The summed E-state index contributed by atoms with van der Waals surface area (Å²) in [5.74, 6) is -1.19. The second kappa shape index (κ2) is 6.27. The lowest BCUT2D eigenvalue weighted by Crippen LogP contribution is -2.27.